The van der Waals surface area contributed by atoms with Gasteiger partial charge in [0.15, 0.2) is 0 Å². The molecule has 2 rings (SSSR count). The van der Waals surface area contributed by atoms with Gasteiger partial charge in [0.1, 0.15) is 6.42 Å². The van der Waals surface area contributed by atoms with Crippen LogP contribution in [0.5, 0.6) is 0 Å². The van der Waals surface area contributed by atoms with E-state index in [4.69, 9.17) is 14.2 Å². The van der Waals surface area contributed by atoms with Crippen LogP contribution in [0.3, 0.4) is 0 Å². The topological polar surface area (TPSA) is 61.8 Å². The second kappa shape index (κ2) is 3.33. The summed E-state index contributed by atoms with van der Waals surface area (Å²) in [4.78, 5) is 21.8. The van der Waals surface area contributed by atoms with Crippen molar-refractivity contribution in [3.05, 3.63) is 0 Å². The first-order valence-corrected chi connectivity index (χ1v) is 4.22. The van der Waals surface area contributed by atoms with Crippen molar-refractivity contribution in [2.75, 3.05) is 13.2 Å². The molecule has 1 unspecified atom stereocenters. The highest BCUT2D eigenvalue weighted by atomic mass is 16.7. The highest BCUT2D eigenvalue weighted by Gasteiger charge is 2.36. The second-order valence-corrected chi connectivity index (χ2v) is 3.15. The van der Waals surface area contributed by atoms with Crippen molar-refractivity contribution >= 4 is 11.9 Å². The first kappa shape index (κ1) is 8.50. The zero-order valence-corrected chi connectivity index (χ0v) is 7.02. The maximum Gasteiger partial charge on any atom is 0.320 e. The molecule has 0 aromatic carbocycles. The van der Waals surface area contributed by atoms with E-state index in [2.05, 4.69) is 0 Å². The number of carbonyl (C=O) groups excluding carboxylic acids is 2. The van der Waals surface area contributed by atoms with Crippen molar-refractivity contribution in [2.45, 2.75) is 19.1 Å². The van der Waals surface area contributed by atoms with Crippen LogP contribution in [0.1, 0.15) is 12.8 Å². The van der Waals surface area contributed by atoms with Crippen LogP contribution < -0.4 is 0 Å². The zero-order valence-electron chi connectivity index (χ0n) is 7.02. The predicted molar refractivity (Wildman–Crippen MR) is 39.5 cm³/mol. The van der Waals surface area contributed by atoms with Crippen LogP contribution in [0.15, 0.2) is 0 Å². The lowest BCUT2D eigenvalue weighted by atomic mass is 10.1. The predicted octanol–water partition coefficient (Wildman–Crippen LogP) is -0.161. The molecule has 0 spiro atoms. The molecule has 0 radical (unpaired) electrons. The molecule has 0 aliphatic carbocycles. The molecule has 72 valence electrons. The average molecular weight is 186 g/mol. The van der Waals surface area contributed by atoms with E-state index in [1.807, 2.05) is 0 Å². The normalized spacial score (nSPS) is 30.0. The Hall–Kier alpha value is -1.10. The minimum Gasteiger partial charge on any atom is -0.424 e. The third kappa shape index (κ3) is 1.80. The van der Waals surface area contributed by atoms with Crippen molar-refractivity contribution in [3.8, 4) is 0 Å². The van der Waals surface area contributed by atoms with Gasteiger partial charge in [-0.1, -0.05) is 0 Å². The van der Waals surface area contributed by atoms with Gasteiger partial charge in [0.05, 0.1) is 12.5 Å². The molecule has 5 nitrogen and oxygen atoms in total. The lowest BCUT2D eigenvalue weighted by molar-refractivity contribution is -0.212. The zero-order chi connectivity index (χ0) is 9.26. The van der Waals surface area contributed by atoms with Crippen molar-refractivity contribution in [2.24, 2.45) is 5.92 Å². The molecule has 0 aromatic rings. The summed E-state index contributed by atoms with van der Waals surface area (Å²) in [5.74, 6) is -1.01. The average Bonchev–Trinajstić information content (AvgIpc) is 2.53. The Balaban J connectivity index is 1.97. The highest BCUT2D eigenvalue weighted by Crippen LogP contribution is 2.23. The van der Waals surface area contributed by atoms with E-state index in [-0.39, 0.29) is 12.3 Å². The van der Waals surface area contributed by atoms with Crippen molar-refractivity contribution in [1.82, 2.24) is 0 Å². The Morgan fingerprint density at radius 3 is 2.38 bits per heavy atom. The molecular formula is C8H10O5. The maximum atomic E-state index is 10.9. The molecular weight excluding hydrogens is 176 g/mol. The third-order valence-electron chi connectivity index (χ3n) is 2.13. The number of esters is 2. The van der Waals surface area contributed by atoms with Crippen molar-refractivity contribution < 1.29 is 23.8 Å². The summed E-state index contributed by atoms with van der Waals surface area (Å²) in [5.41, 5.74) is 0. The third-order valence-corrected chi connectivity index (χ3v) is 2.13. The highest BCUT2D eigenvalue weighted by molar-refractivity contribution is 5.92. The molecule has 2 fully saturated rings. The van der Waals surface area contributed by atoms with Crippen LogP contribution >= 0.6 is 0 Å². The van der Waals surface area contributed by atoms with Crippen molar-refractivity contribution in [3.63, 3.8) is 0 Å². The molecule has 0 amide bonds. The van der Waals surface area contributed by atoms with Gasteiger partial charge in [-0.05, 0) is 6.42 Å². The summed E-state index contributed by atoms with van der Waals surface area (Å²) in [6.07, 6.45) is -0.230. The Morgan fingerprint density at radius 2 is 1.85 bits per heavy atom. The van der Waals surface area contributed by atoms with Crippen LogP contribution in [0.25, 0.3) is 0 Å². The lowest BCUT2D eigenvalue weighted by Gasteiger charge is -2.25. The van der Waals surface area contributed by atoms with Gasteiger partial charge in [-0.15, -0.1) is 0 Å². The fourth-order valence-electron chi connectivity index (χ4n) is 1.44. The first-order chi connectivity index (χ1) is 6.25. The van der Waals surface area contributed by atoms with Gasteiger partial charge in [0, 0.05) is 6.61 Å². The van der Waals surface area contributed by atoms with Crippen molar-refractivity contribution in [1.29, 1.82) is 0 Å². The van der Waals surface area contributed by atoms with Gasteiger partial charge in [-0.25, -0.2) is 0 Å². The summed E-state index contributed by atoms with van der Waals surface area (Å²) in [6, 6.07) is 0. The molecule has 0 saturated carbocycles. The van der Waals surface area contributed by atoms with E-state index in [9.17, 15) is 9.59 Å². The quantitative estimate of drug-likeness (QED) is 0.420. The summed E-state index contributed by atoms with van der Waals surface area (Å²) in [5, 5.41) is 0. The van der Waals surface area contributed by atoms with Gasteiger partial charge >= 0.3 is 11.9 Å². The number of rotatable bonds is 1. The molecule has 2 aliphatic rings. The number of ether oxygens (including phenoxy) is 3. The number of hydrogen-bond donors (Lipinski definition) is 0. The van der Waals surface area contributed by atoms with E-state index in [0.717, 1.165) is 6.42 Å². The molecule has 13 heavy (non-hydrogen) atoms. The summed E-state index contributed by atoms with van der Waals surface area (Å²) < 4.78 is 14.9. The number of hydrogen-bond acceptors (Lipinski definition) is 5. The largest absolute Gasteiger partial charge is 0.424 e. The summed E-state index contributed by atoms with van der Waals surface area (Å²) >= 11 is 0. The SMILES string of the molecule is O=C1CC(=O)OC(C2CCOC2)O1. The van der Waals surface area contributed by atoms with E-state index in [1.165, 1.54) is 0 Å². The summed E-state index contributed by atoms with van der Waals surface area (Å²) in [6.45, 7) is 1.13. The molecule has 2 heterocycles. The van der Waals surface area contributed by atoms with Gasteiger partial charge in [-0.3, -0.25) is 9.59 Å². The Morgan fingerprint density at radius 1 is 1.15 bits per heavy atom. The standard InChI is InChI=1S/C8H10O5/c9-6-3-7(10)13-8(12-6)5-1-2-11-4-5/h5,8H,1-4H2. The smallest absolute Gasteiger partial charge is 0.320 e. The number of carbonyl (C=O) groups is 2. The van der Waals surface area contributed by atoms with E-state index < -0.39 is 18.2 Å². The monoisotopic (exact) mass is 186 g/mol. The van der Waals surface area contributed by atoms with Gasteiger partial charge in [-0.2, -0.15) is 0 Å². The Labute approximate surface area is 74.9 Å². The molecule has 2 aliphatic heterocycles. The first-order valence-electron chi connectivity index (χ1n) is 4.22. The molecule has 5 heteroatoms. The fourth-order valence-corrected chi connectivity index (χ4v) is 1.44. The lowest BCUT2D eigenvalue weighted by Crippen LogP contribution is -2.37. The summed E-state index contributed by atoms with van der Waals surface area (Å²) in [7, 11) is 0. The minimum absolute atomic E-state index is 0.00759. The Bertz CT molecular complexity index is 215. The van der Waals surface area contributed by atoms with Crippen LogP contribution in [0.4, 0.5) is 0 Å². The minimum atomic E-state index is -0.726. The fraction of sp³-hybridized carbons (Fsp3) is 0.750. The van der Waals surface area contributed by atoms with Gasteiger partial charge in [0.2, 0.25) is 0 Å². The molecule has 1 atom stereocenters. The van der Waals surface area contributed by atoms with Crippen LogP contribution in [-0.4, -0.2) is 31.4 Å². The van der Waals surface area contributed by atoms with Gasteiger partial charge in [0.25, 0.3) is 6.29 Å². The van der Waals surface area contributed by atoms with Gasteiger partial charge < -0.3 is 14.2 Å². The van der Waals surface area contributed by atoms with Crippen LogP contribution in [0, 0.1) is 5.92 Å². The second-order valence-electron chi connectivity index (χ2n) is 3.15. The number of cyclic esters (lactones) is 2. The molecule has 0 aromatic heterocycles. The van der Waals surface area contributed by atoms with E-state index in [0.29, 0.717) is 13.2 Å². The Kier molecular flexibility index (Phi) is 2.18. The van der Waals surface area contributed by atoms with Crippen LogP contribution in [0.2, 0.25) is 0 Å². The molecule has 0 bridgehead atoms. The maximum absolute atomic E-state index is 10.9. The van der Waals surface area contributed by atoms with E-state index >= 15 is 0 Å². The molecule has 0 N–H and O–H groups in total. The van der Waals surface area contributed by atoms with Crippen LogP contribution in [-0.2, 0) is 23.8 Å². The molecule has 2 saturated heterocycles. The van der Waals surface area contributed by atoms with E-state index in [1.54, 1.807) is 0 Å².